The molecule has 9 nitrogen and oxygen atoms in total. The minimum absolute atomic E-state index is 0.113. The molecule has 5 rings (SSSR count). The maximum Gasteiger partial charge on any atom is 0.279 e. The second kappa shape index (κ2) is 8.27. The van der Waals surface area contributed by atoms with Gasteiger partial charge in [0, 0.05) is 38.3 Å². The number of benzene rings is 2. The summed E-state index contributed by atoms with van der Waals surface area (Å²) in [6.07, 6.45) is 0. The number of nitrogens with zero attached hydrogens (tertiary/aromatic N) is 4. The van der Waals surface area contributed by atoms with E-state index in [1.807, 2.05) is 30.3 Å². The first kappa shape index (κ1) is 20.5. The summed E-state index contributed by atoms with van der Waals surface area (Å²) in [5, 5.41) is 9.03. The number of rotatable bonds is 5. The third-order valence-corrected chi connectivity index (χ3v) is 7.26. The number of ether oxygens (including phenoxy) is 2. The van der Waals surface area contributed by atoms with Gasteiger partial charge in [0.05, 0.1) is 0 Å². The maximum absolute atomic E-state index is 13.2. The summed E-state index contributed by atoms with van der Waals surface area (Å²) >= 11 is 0. The van der Waals surface area contributed by atoms with E-state index in [4.69, 9.17) is 13.9 Å². The minimum atomic E-state index is -3.98. The van der Waals surface area contributed by atoms with E-state index in [0.717, 1.165) is 17.1 Å². The van der Waals surface area contributed by atoms with Gasteiger partial charge < -0.3 is 13.9 Å². The summed E-state index contributed by atoms with van der Waals surface area (Å²) in [6.45, 7) is 2.59. The Labute approximate surface area is 185 Å². The summed E-state index contributed by atoms with van der Waals surface area (Å²) in [6, 6.07) is 16.6. The zero-order valence-electron chi connectivity index (χ0n) is 17.1. The average molecular weight is 452 g/mol. The number of nitriles is 1. The zero-order chi connectivity index (χ0) is 22.1. The molecule has 164 valence electrons. The molecule has 0 atom stereocenters. The van der Waals surface area contributed by atoms with Crippen LogP contribution in [-0.2, 0) is 16.6 Å². The zero-order valence-corrected chi connectivity index (χ0v) is 17.9. The van der Waals surface area contributed by atoms with Gasteiger partial charge in [-0.2, -0.15) is 14.6 Å². The van der Waals surface area contributed by atoms with E-state index < -0.39 is 15.1 Å². The van der Waals surface area contributed by atoms with Crippen LogP contribution in [0.2, 0.25) is 0 Å². The normalized spacial score (nSPS) is 16.7. The smallest absolute Gasteiger partial charge is 0.279 e. The molecule has 0 spiro atoms. The number of aromatic nitrogens is 1. The van der Waals surface area contributed by atoms with Crippen LogP contribution in [0.5, 0.6) is 11.5 Å². The lowest BCUT2D eigenvalue weighted by Gasteiger charge is -2.33. The molecule has 1 saturated heterocycles. The van der Waals surface area contributed by atoms with Crippen molar-refractivity contribution >= 4 is 10.0 Å². The van der Waals surface area contributed by atoms with Gasteiger partial charge in [-0.25, -0.2) is 8.42 Å². The first-order valence-electron chi connectivity index (χ1n) is 10.1. The summed E-state index contributed by atoms with van der Waals surface area (Å²) in [7, 11) is -3.98. The third kappa shape index (κ3) is 3.82. The molecule has 0 radical (unpaired) electrons. The highest BCUT2D eigenvalue weighted by Gasteiger charge is 2.35. The van der Waals surface area contributed by atoms with Crippen molar-refractivity contribution in [3.05, 3.63) is 59.8 Å². The van der Waals surface area contributed by atoms with Crippen LogP contribution in [0.15, 0.2) is 58.0 Å². The van der Waals surface area contributed by atoms with Crippen LogP contribution in [-0.4, -0.2) is 55.6 Å². The van der Waals surface area contributed by atoms with E-state index >= 15 is 0 Å². The van der Waals surface area contributed by atoms with Gasteiger partial charge >= 0.3 is 0 Å². The van der Waals surface area contributed by atoms with Crippen molar-refractivity contribution in [2.24, 2.45) is 0 Å². The lowest BCUT2D eigenvalue weighted by atomic mass is 10.2. The number of hydrogen-bond acceptors (Lipinski definition) is 8. The number of fused-ring (bicyclic) bond motifs is 1. The van der Waals surface area contributed by atoms with Crippen molar-refractivity contribution in [1.29, 1.82) is 5.26 Å². The van der Waals surface area contributed by atoms with Gasteiger partial charge in [0.2, 0.25) is 12.7 Å². The van der Waals surface area contributed by atoms with E-state index in [0.29, 0.717) is 38.3 Å². The van der Waals surface area contributed by atoms with Crippen molar-refractivity contribution in [2.75, 3.05) is 33.0 Å². The second-order valence-corrected chi connectivity index (χ2v) is 9.34. The van der Waals surface area contributed by atoms with Gasteiger partial charge in [0.25, 0.3) is 15.1 Å². The molecule has 32 heavy (non-hydrogen) atoms. The number of oxazole rings is 1. The molecule has 2 aliphatic heterocycles. The fraction of sp³-hybridized carbons (Fsp3) is 0.273. The Kier molecular flexibility index (Phi) is 5.30. The molecule has 0 amide bonds. The topological polar surface area (TPSA) is 109 Å². The summed E-state index contributed by atoms with van der Waals surface area (Å²) in [4.78, 5) is 6.26. The molecule has 2 aromatic carbocycles. The molecule has 0 aliphatic carbocycles. The molecule has 0 N–H and O–H groups in total. The molecule has 3 aromatic rings. The Morgan fingerprint density at radius 3 is 2.50 bits per heavy atom. The Hall–Kier alpha value is -3.39. The summed E-state index contributed by atoms with van der Waals surface area (Å²) < 4.78 is 44.1. The van der Waals surface area contributed by atoms with E-state index in [2.05, 4.69) is 9.88 Å². The lowest BCUT2D eigenvalue weighted by molar-refractivity contribution is 0.173. The molecule has 1 aromatic heterocycles. The molecule has 0 unspecified atom stereocenters. The fourth-order valence-corrected chi connectivity index (χ4v) is 5.20. The van der Waals surface area contributed by atoms with Gasteiger partial charge in [0.1, 0.15) is 6.07 Å². The molecule has 2 aliphatic rings. The summed E-state index contributed by atoms with van der Waals surface area (Å²) in [5.74, 6) is 1.58. The van der Waals surface area contributed by atoms with E-state index in [-0.39, 0.29) is 18.4 Å². The third-order valence-electron chi connectivity index (χ3n) is 5.47. The Bertz CT molecular complexity index is 1280. The van der Waals surface area contributed by atoms with Crippen molar-refractivity contribution in [2.45, 2.75) is 11.6 Å². The van der Waals surface area contributed by atoms with Crippen molar-refractivity contribution in [3.63, 3.8) is 0 Å². The van der Waals surface area contributed by atoms with Gasteiger partial charge in [0.15, 0.2) is 17.2 Å². The fourth-order valence-electron chi connectivity index (χ4n) is 3.80. The van der Waals surface area contributed by atoms with Gasteiger partial charge in [-0.3, -0.25) is 4.90 Å². The van der Waals surface area contributed by atoms with Crippen LogP contribution < -0.4 is 9.47 Å². The number of piperazine rings is 1. The van der Waals surface area contributed by atoms with Crippen LogP contribution in [0.25, 0.3) is 11.5 Å². The van der Waals surface area contributed by atoms with Gasteiger partial charge in [-0.05, 0) is 29.8 Å². The van der Waals surface area contributed by atoms with Crippen LogP contribution in [0.1, 0.15) is 11.3 Å². The van der Waals surface area contributed by atoms with E-state index in [9.17, 15) is 13.7 Å². The van der Waals surface area contributed by atoms with Crippen LogP contribution >= 0.6 is 0 Å². The Morgan fingerprint density at radius 2 is 1.75 bits per heavy atom. The molecule has 0 saturated carbocycles. The average Bonchev–Trinajstić information content (AvgIpc) is 3.47. The van der Waals surface area contributed by atoms with Crippen LogP contribution in [0, 0.1) is 11.3 Å². The first-order valence-corrected chi connectivity index (χ1v) is 11.6. The van der Waals surface area contributed by atoms with E-state index in [1.165, 1.54) is 4.31 Å². The van der Waals surface area contributed by atoms with E-state index in [1.54, 1.807) is 24.3 Å². The highest BCUT2D eigenvalue weighted by molar-refractivity contribution is 7.89. The predicted octanol–water partition coefficient (Wildman–Crippen LogP) is 2.45. The van der Waals surface area contributed by atoms with Crippen molar-refractivity contribution in [3.8, 4) is 29.0 Å². The SMILES string of the molecule is N#Cc1nc(-c2ccccc2)oc1S(=O)(=O)N1CCN(Cc2ccc3c(c2)OCO3)CC1. The standard InChI is InChI=1S/C22H20N4O5S/c23-13-18-22(31-21(24-18)17-4-2-1-3-5-17)32(27,28)26-10-8-25(9-11-26)14-16-6-7-19-20(12-16)30-15-29-19/h1-7,12H,8-11,14-15H2. The molecule has 0 bridgehead atoms. The lowest BCUT2D eigenvalue weighted by Crippen LogP contribution is -2.48. The minimum Gasteiger partial charge on any atom is -0.454 e. The maximum atomic E-state index is 13.2. The van der Waals surface area contributed by atoms with Crippen molar-refractivity contribution < 1.29 is 22.3 Å². The number of hydrogen-bond donors (Lipinski definition) is 0. The highest BCUT2D eigenvalue weighted by atomic mass is 32.2. The van der Waals surface area contributed by atoms with Gasteiger partial charge in [-0.15, -0.1) is 0 Å². The molecule has 3 heterocycles. The summed E-state index contributed by atoms with van der Waals surface area (Å²) in [5.41, 5.74) is 1.45. The molecular weight excluding hydrogens is 432 g/mol. The molecule has 1 fully saturated rings. The van der Waals surface area contributed by atoms with Crippen molar-refractivity contribution in [1.82, 2.24) is 14.2 Å². The largest absolute Gasteiger partial charge is 0.454 e. The predicted molar refractivity (Wildman–Crippen MR) is 113 cm³/mol. The molecule has 10 heteroatoms. The Balaban J connectivity index is 1.29. The highest BCUT2D eigenvalue weighted by Crippen LogP contribution is 2.33. The number of sulfonamides is 1. The van der Waals surface area contributed by atoms with Crippen LogP contribution in [0.3, 0.4) is 0 Å². The Morgan fingerprint density at radius 1 is 1.00 bits per heavy atom. The first-order chi connectivity index (χ1) is 15.5. The second-order valence-electron chi connectivity index (χ2n) is 7.50. The quantitative estimate of drug-likeness (QED) is 0.581. The van der Waals surface area contributed by atoms with Gasteiger partial charge in [-0.1, -0.05) is 24.3 Å². The van der Waals surface area contributed by atoms with Crippen LogP contribution in [0.4, 0.5) is 0 Å². The molecular formula is C22H20N4O5S. The monoisotopic (exact) mass is 452 g/mol.